The van der Waals surface area contributed by atoms with E-state index in [-0.39, 0.29) is 11.8 Å². The predicted octanol–water partition coefficient (Wildman–Crippen LogP) is 2.05. The zero-order valence-electron chi connectivity index (χ0n) is 12.1. The predicted molar refractivity (Wildman–Crippen MR) is 85.8 cm³/mol. The molecule has 2 heterocycles. The van der Waals surface area contributed by atoms with Gasteiger partial charge in [0.1, 0.15) is 6.54 Å². The number of rotatable bonds is 6. The van der Waals surface area contributed by atoms with Gasteiger partial charge in [-0.1, -0.05) is 35.5 Å². The first-order valence-electron chi connectivity index (χ1n) is 7.03. The number of carbonyl (C=O) groups excluding carboxylic acids is 1. The molecule has 0 spiro atoms. The van der Waals surface area contributed by atoms with E-state index in [1.54, 1.807) is 17.1 Å². The second-order valence-electron chi connectivity index (χ2n) is 4.86. The standard InChI is InChI=1S/C15H14BrN5O2/c16-12-8-18-21(9-12)10-13-19-15(23-20-13)14(22)17-7-6-11-4-2-1-3-5-11/h1-5,8-9H,6-7,10H2,(H,17,22). The van der Waals surface area contributed by atoms with Gasteiger partial charge in [-0.25, -0.2) is 0 Å². The molecule has 7 nitrogen and oxygen atoms in total. The lowest BCUT2D eigenvalue weighted by Gasteiger charge is -2.02. The SMILES string of the molecule is O=C(NCCc1ccccc1)c1nc(Cn2cc(Br)cn2)no1. The van der Waals surface area contributed by atoms with Gasteiger partial charge in [-0.2, -0.15) is 10.1 Å². The van der Waals surface area contributed by atoms with E-state index in [2.05, 4.69) is 36.5 Å². The van der Waals surface area contributed by atoms with Crippen LogP contribution >= 0.6 is 15.9 Å². The third-order valence-corrected chi connectivity index (χ3v) is 3.52. The molecule has 1 aromatic carbocycles. The number of aromatic nitrogens is 4. The van der Waals surface area contributed by atoms with Crippen LogP contribution in [0.5, 0.6) is 0 Å². The zero-order chi connectivity index (χ0) is 16.1. The van der Waals surface area contributed by atoms with Crippen molar-refractivity contribution in [1.82, 2.24) is 25.2 Å². The van der Waals surface area contributed by atoms with Crippen molar-refractivity contribution in [3.05, 3.63) is 64.5 Å². The quantitative estimate of drug-likeness (QED) is 0.712. The molecule has 0 saturated carbocycles. The molecule has 118 valence electrons. The maximum absolute atomic E-state index is 12.0. The van der Waals surface area contributed by atoms with E-state index < -0.39 is 0 Å². The summed E-state index contributed by atoms with van der Waals surface area (Å²) in [5, 5.41) is 10.6. The number of nitrogens with zero attached hydrogens (tertiary/aromatic N) is 4. The molecule has 3 rings (SSSR count). The van der Waals surface area contributed by atoms with Crippen LogP contribution in [-0.2, 0) is 13.0 Å². The van der Waals surface area contributed by atoms with Gasteiger partial charge in [0, 0.05) is 12.7 Å². The minimum absolute atomic E-state index is 0.0423. The van der Waals surface area contributed by atoms with Crippen molar-refractivity contribution in [3.8, 4) is 0 Å². The number of hydrogen-bond donors (Lipinski definition) is 1. The number of amides is 1. The summed E-state index contributed by atoms with van der Waals surface area (Å²) in [6.07, 6.45) is 4.20. The highest BCUT2D eigenvalue weighted by Gasteiger charge is 2.15. The first-order chi connectivity index (χ1) is 11.2. The minimum atomic E-state index is -0.374. The van der Waals surface area contributed by atoms with Gasteiger partial charge in [0.15, 0.2) is 5.82 Å². The Kier molecular flexibility index (Phi) is 4.82. The molecule has 0 fully saturated rings. The average molecular weight is 376 g/mol. The summed E-state index contributed by atoms with van der Waals surface area (Å²) in [5.41, 5.74) is 1.16. The molecule has 3 aromatic rings. The summed E-state index contributed by atoms with van der Waals surface area (Å²) < 4.78 is 7.49. The molecule has 8 heteroatoms. The Bertz CT molecular complexity index is 784. The van der Waals surface area contributed by atoms with Gasteiger partial charge in [-0.3, -0.25) is 9.48 Å². The van der Waals surface area contributed by atoms with Crippen LogP contribution in [0.1, 0.15) is 22.1 Å². The lowest BCUT2D eigenvalue weighted by molar-refractivity contribution is 0.0910. The summed E-state index contributed by atoms with van der Waals surface area (Å²) in [6, 6.07) is 9.92. The van der Waals surface area contributed by atoms with Crippen molar-refractivity contribution >= 4 is 21.8 Å². The lowest BCUT2D eigenvalue weighted by atomic mass is 10.1. The van der Waals surface area contributed by atoms with Crippen LogP contribution in [0.3, 0.4) is 0 Å². The highest BCUT2D eigenvalue weighted by Crippen LogP contribution is 2.07. The smallest absolute Gasteiger partial charge is 0.316 e. The normalized spacial score (nSPS) is 10.7. The molecule has 0 aliphatic heterocycles. The summed E-state index contributed by atoms with van der Waals surface area (Å²) in [5.74, 6) is -0.0191. The number of benzene rings is 1. The number of hydrogen-bond acceptors (Lipinski definition) is 5. The van der Waals surface area contributed by atoms with Crippen LogP contribution in [-0.4, -0.2) is 32.4 Å². The summed E-state index contributed by atoms with van der Waals surface area (Å²) in [7, 11) is 0. The van der Waals surface area contributed by atoms with Gasteiger partial charge in [0.2, 0.25) is 0 Å². The number of halogens is 1. The van der Waals surface area contributed by atoms with Crippen LogP contribution in [0.25, 0.3) is 0 Å². The van der Waals surface area contributed by atoms with Crippen molar-refractivity contribution in [2.75, 3.05) is 6.54 Å². The Balaban J connectivity index is 1.52. The second kappa shape index (κ2) is 7.19. The van der Waals surface area contributed by atoms with E-state index in [0.717, 1.165) is 16.5 Å². The van der Waals surface area contributed by atoms with Gasteiger partial charge in [0.05, 0.1) is 10.7 Å². The Morgan fingerprint density at radius 1 is 1.30 bits per heavy atom. The minimum Gasteiger partial charge on any atom is -0.347 e. The van der Waals surface area contributed by atoms with E-state index >= 15 is 0 Å². The van der Waals surface area contributed by atoms with Crippen LogP contribution in [0.4, 0.5) is 0 Å². The first-order valence-corrected chi connectivity index (χ1v) is 7.82. The largest absolute Gasteiger partial charge is 0.347 e. The summed E-state index contributed by atoms with van der Waals surface area (Å²) in [4.78, 5) is 16.0. The maximum Gasteiger partial charge on any atom is 0.316 e. The Morgan fingerprint density at radius 3 is 2.87 bits per heavy atom. The molecule has 0 aliphatic rings. The fraction of sp³-hybridized carbons (Fsp3) is 0.200. The van der Waals surface area contributed by atoms with E-state index in [1.807, 2.05) is 30.3 Å². The molecule has 23 heavy (non-hydrogen) atoms. The molecule has 0 aliphatic carbocycles. The van der Waals surface area contributed by atoms with Gasteiger partial charge in [0.25, 0.3) is 0 Å². The van der Waals surface area contributed by atoms with Crippen LogP contribution < -0.4 is 5.32 Å². The lowest BCUT2D eigenvalue weighted by Crippen LogP contribution is -2.26. The van der Waals surface area contributed by atoms with Gasteiger partial charge >= 0.3 is 11.8 Å². The van der Waals surface area contributed by atoms with Crippen molar-refractivity contribution in [1.29, 1.82) is 0 Å². The van der Waals surface area contributed by atoms with Crippen molar-refractivity contribution in [3.63, 3.8) is 0 Å². The monoisotopic (exact) mass is 375 g/mol. The average Bonchev–Trinajstić information content (AvgIpc) is 3.18. The van der Waals surface area contributed by atoms with E-state index in [0.29, 0.717) is 18.9 Å². The molecule has 1 N–H and O–H groups in total. The number of carbonyl (C=O) groups is 1. The van der Waals surface area contributed by atoms with Crippen LogP contribution in [0, 0.1) is 0 Å². The Hall–Kier alpha value is -2.48. The van der Waals surface area contributed by atoms with Crippen LogP contribution in [0.2, 0.25) is 0 Å². The van der Waals surface area contributed by atoms with Gasteiger partial charge in [-0.15, -0.1) is 0 Å². The summed E-state index contributed by atoms with van der Waals surface area (Å²) in [6.45, 7) is 0.846. The molecule has 0 bridgehead atoms. The van der Waals surface area contributed by atoms with Crippen LogP contribution in [0.15, 0.2) is 51.7 Å². The molecule has 0 saturated heterocycles. The van der Waals surface area contributed by atoms with E-state index in [4.69, 9.17) is 4.52 Å². The Morgan fingerprint density at radius 2 is 2.13 bits per heavy atom. The molecule has 1 amide bonds. The summed E-state index contributed by atoms with van der Waals surface area (Å²) >= 11 is 3.31. The fourth-order valence-electron chi connectivity index (χ4n) is 2.02. The molecule has 0 radical (unpaired) electrons. The first kappa shape index (κ1) is 15.4. The maximum atomic E-state index is 12.0. The zero-order valence-corrected chi connectivity index (χ0v) is 13.7. The molecule has 0 unspecified atom stereocenters. The van der Waals surface area contributed by atoms with Crippen molar-refractivity contribution in [2.24, 2.45) is 0 Å². The third-order valence-electron chi connectivity index (χ3n) is 3.11. The fourth-order valence-corrected chi connectivity index (χ4v) is 2.35. The van der Waals surface area contributed by atoms with Gasteiger partial charge < -0.3 is 9.84 Å². The van der Waals surface area contributed by atoms with Gasteiger partial charge in [-0.05, 0) is 27.9 Å². The third kappa shape index (κ3) is 4.26. The van der Waals surface area contributed by atoms with Crippen molar-refractivity contribution < 1.29 is 9.32 Å². The second-order valence-corrected chi connectivity index (χ2v) is 5.78. The van der Waals surface area contributed by atoms with E-state index in [1.165, 1.54) is 0 Å². The Labute approximate surface area is 140 Å². The highest BCUT2D eigenvalue weighted by molar-refractivity contribution is 9.10. The van der Waals surface area contributed by atoms with E-state index in [9.17, 15) is 4.79 Å². The molecular formula is C15H14BrN5O2. The molecular weight excluding hydrogens is 362 g/mol. The van der Waals surface area contributed by atoms with Crippen molar-refractivity contribution in [2.45, 2.75) is 13.0 Å². The molecule has 0 atom stereocenters. The topological polar surface area (TPSA) is 85.8 Å². The highest BCUT2D eigenvalue weighted by atomic mass is 79.9. The molecule has 2 aromatic heterocycles. The number of nitrogens with one attached hydrogen (secondary N) is 1.